The van der Waals surface area contributed by atoms with Gasteiger partial charge in [-0.15, -0.1) is 0 Å². The van der Waals surface area contributed by atoms with Crippen LogP contribution in [0.25, 0.3) is 5.52 Å². The van der Waals surface area contributed by atoms with Gasteiger partial charge < -0.3 is 9.88 Å². The molecule has 8 heteroatoms. The normalized spacial score (nSPS) is 15.7. The molecule has 1 atom stereocenters. The van der Waals surface area contributed by atoms with E-state index >= 15 is 0 Å². The Morgan fingerprint density at radius 1 is 1.21 bits per heavy atom. The fourth-order valence-electron chi connectivity index (χ4n) is 3.94. The number of nitrogens with zero attached hydrogens (tertiary/aromatic N) is 7. The zero-order valence-electron chi connectivity index (χ0n) is 15.7. The van der Waals surface area contributed by atoms with Gasteiger partial charge in [-0.2, -0.15) is 15.6 Å². The maximum absolute atomic E-state index is 9.66. The number of aromatic amines is 1. The Kier molecular flexibility index (Phi) is 3.78. The molecule has 0 aromatic carbocycles. The van der Waals surface area contributed by atoms with Crippen molar-refractivity contribution in [2.45, 2.75) is 19.4 Å². The van der Waals surface area contributed by atoms with Crippen molar-refractivity contribution in [2.75, 3.05) is 11.4 Å². The second-order valence-corrected chi connectivity index (χ2v) is 7.02. The van der Waals surface area contributed by atoms with Crippen molar-refractivity contribution < 1.29 is 0 Å². The number of anilines is 1. The van der Waals surface area contributed by atoms with Crippen LogP contribution in [-0.2, 0) is 6.42 Å². The molecule has 1 aliphatic heterocycles. The van der Waals surface area contributed by atoms with Gasteiger partial charge in [0.2, 0.25) is 0 Å². The molecule has 5 rings (SSSR count). The molecule has 8 nitrogen and oxygen atoms in total. The van der Waals surface area contributed by atoms with Crippen LogP contribution in [0.15, 0.2) is 43.0 Å². The lowest BCUT2D eigenvalue weighted by Crippen LogP contribution is -2.37. The van der Waals surface area contributed by atoms with Gasteiger partial charge >= 0.3 is 0 Å². The number of rotatable bonds is 2. The topological polar surface area (TPSA) is 110 Å². The van der Waals surface area contributed by atoms with Crippen LogP contribution >= 0.6 is 0 Å². The predicted octanol–water partition coefficient (Wildman–Crippen LogP) is 2.66. The number of imidazole rings is 1. The largest absolute Gasteiger partial charge is 0.348 e. The summed E-state index contributed by atoms with van der Waals surface area (Å²) in [4.78, 5) is 14.3. The lowest BCUT2D eigenvalue weighted by atomic mass is 9.98. The number of nitrogens with one attached hydrogen (secondary N) is 1. The Hall–Kier alpha value is -4.17. The highest BCUT2D eigenvalue weighted by Gasteiger charge is 2.35. The molecule has 0 aliphatic carbocycles. The number of hydrogen-bond donors (Lipinski definition) is 1. The molecule has 0 bridgehead atoms. The molecular weight excluding hydrogens is 364 g/mol. The quantitative estimate of drug-likeness (QED) is 0.572. The fourth-order valence-corrected chi connectivity index (χ4v) is 3.94. The van der Waals surface area contributed by atoms with E-state index in [1.807, 2.05) is 22.8 Å². The molecule has 5 heterocycles. The highest BCUT2D eigenvalue weighted by molar-refractivity contribution is 5.61. The highest BCUT2D eigenvalue weighted by atomic mass is 15.3. The van der Waals surface area contributed by atoms with E-state index in [9.17, 15) is 5.26 Å². The maximum Gasteiger partial charge on any atom is 0.147 e. The maximum atomic E-state index is 9.66. The third-order valence-corrected chi connectivity index (χ3v) is 5.33. The summed E-state index contributed by atoms with van der Waals surface area (Å²) >= 11 is 0. The van der Waals surface area contributed by atoms with Crippen LogP contribution in [0.3, 0.4) is 0 Å². The third-order valence-electron chi connectivity index (χ3n) is 5.33. The smallest absolute Gasteiger partial charge is 0.147 e. The Balaban J connectivity index is 1.70. The number of pyridine rings is 2. The van der Waals surface area contributed by atoms with E-state index in [0.29, 0.717) is 23.5 Å². The molecule has 0 radical (unpaired) electrons. The van der Waals surface area contributed by atoms with Crippen molar-refractivity contribution in [3.8, 4) is 12.1 Å². The van der Waals surface area contributed by atoms with Crippen LogP contribution in [0, 0.1) is 29.6 Å². The van der Waals surface area contributed by atoms with Gasteiger partial charge in [-0.05, 0) is 30.7 Å². The zero-order chi connectivity index (χ0) is 20.0. The fraction of sp³-hybridized carbons (Fsp3) is 0.190. The van der Waals surface area contributed by atoms with Crippen molar-refractivity contribution in [1.29, 1.82) is 10.5 Å². The van der Waals surface area contributed by atoms with E-state index < -0.39 is 0 Å². The van der Waals surface area contributed by atoms with Crippen LogP contribution in [-0.4, -0.2) is 31.1 Å². The first-order valence-electron chi connectivity index (χ1n) is 9.23. The first-order chi connectivity index (χ1) is 14.2. The number of aromatic nitrogens is 5. The minimum atomic E-state index is -0.281. The molecule has 1 aliphatic rings. The molecule has 0 unspecified atom stereocenters. The molecule has 0 fully saturated rings. The summed E-state index contributed by atoms with van der Waals surface area (Å²) in [5, 5.41) is 23.6. The van der Waals surface area contributed by atoms with Gasteiger partial charge in [0, 0.05) is 31.1 Å². The van der Waals surface area contributed by atoms with Crippen LogP contribution in [0.4, 0.5) is 5.82 Å². The molecular formula is C21H16N8. The van der Waals surface area contributed by atoms with E-state index in [-0.39, 0.29) is 6.04 Å². The molecule has 29 heavy (non-hydrogen) atoms. The van der Waals surface area contributed by atoms with E-state index in [4.69, 9.17) is 10.4 Å². The molecule has 0 amide bonds. The number of H-pyrrole nitrogens is 1. The third kappa shape index (κ3) is 2.62. The highest BCUT2D eigenvalue weighted by Crippen LogP contribution is 2.37. The van der Waals surface area contributed by atoms with Crippen molar-refractivity contribution in [3.63, 3.8) is 0 Å². The standard InChI is InChI=1S/C21H16N8/c1-13-3-2-5-29-18(13)8-17(27-29)20-19-16(25-12-26-19)4-6-28(20)21-15(10-23)7-14(9-22)11-24-21/h2-3,5,7-8,11-12,20H,4,6H2,1H3,(H,25,26)/t20-/m1/s1. The minimum absolute atomic E-state index is 0.281. The Morgan fingerprint density at radius 3 is 2.90 bits per heavy atom. The summed E-state index contributed by atoms with van der Waals surface area (Å²) in [6.07, 6.45) is 5.87. The van der Waals surface area contributed by atoms with Crippen LogP contribution < -0.4 is 4.90 Å². The monoisotopic (exact) mass is 380 g/mol. The molecule has 0 saturated heterocycles. The van der Waals surface area contributed by atoms with Gasteiger partial charge in [-0.1, -0.05) is 6.07 Å². The summed E-state index contributed by atoms with van der Waals surface area (Å²) in [6, 6.07) is 11.6. The van der Waals surface area contributed by atoms with Gasteiger partial charge in [0.05, 0.1) is 34.4 Å². The van der Waals surface area contributed by atoms with Crippen molar-refractivity contribution >= 4 is 11.3 Å². The first-order valence-corrected chi connectivity index (χ1v) is 9.23. The lowest BCUT2D eigenvalue weighted by molar-refractivity contribution is 0.610. The van der Waals surface area contributed by atoms with E-state index in [2.05, 4.69) is 45.0 Å². The number of hydrogen-bond acceptors (Lipinski definition) is 6. The van der Waals surface area contributed by atoms with Gasteiger partial charge in [-0.3, -0.25) is 0 Å². The van der Waals surface area contributed by atoms with Crippen LogP contribution in [0.5, 0.6) is 0 Å². The van der Waals surface area contributed by atoms with E-state index in [0.717, 1.165) is 34.6 Å². The molecule has 0 saturated carbocycles. The summed E-state index contributed by atoms with van der Waals surface area (Å²) in [5.74, 6) is 0.541. The average Bonchev–Trinajstić information content (AvgIpc) is 3.40. The second-order valence-electron chi connectivity index (χ2n) is 7.02. The van der Waals surface area contributed by atoms with Gasteiger partial charge in [0.1, 0.15) is 24.0 Å². The van der Waals surface area contributed by atoms with Crippen molar-refractivity contribution in [3.05, 3.63) is 76.8 Å². The van der Waals surface area contributed by atoms with Crippen molar-refractivity contribution in [1.82, 2.24) is 24.6 Å². The molecule has 4 aromatic heterocycles. The summed E-state index contributed by atoms with van der Waals surface area (Å²) in [6.45, 7) is 2.70. The average molecular weight is 380 g/mol. The Morgan fingerprint density at radius 2 is 2.10 bits per heavy atom. The zero-order valence-corrected chi connectivity index (χ0v) is 15.7. The van der Waals surface area contributed by atoms with Gasteiger partial charge in [0.25, 0.3) is 0 Å². The van der Waals surface area contributed by atoms with E-state index in [1.165, 1.54) is 6.20 Å². The molecule has 4 aromatic rings. The summed E-state index contributed by atoms with van der Waals surface area (Å²) < 4.78 is 1.86. The first kappa shape index (κ1) is 17.0. The lowest BCUT2D eigenvalue weighted by Gasteiger charge is -2.35. The molecule has 0 spiro atoms. The van der Waals surface area contributed by atoms with Gasteiger partial charge in [0.15, 0.2) is 0 Å². The Bertz CT molecular complexity index is 1320. The predicted molar refractivity (Wildman–Crippen MR) is 105 cm³/mol. The number of fused-ring (bicyclic) bond motifs is 2. The van der Waals surface area contributed by atoms with Gasteiger partial charge in [-0.25, -0.2) is 14.5 Å². The Labute approximate surface area is 166 Å². The SMILES string of the molecule is Cc1cccn2nc([C@@H]3c4nc[nH]c4CCN3c3ncc(C#N)cc3C#N)cc12. The second kappa shape index (κ2) is 6.47. The van der Waals surface area contributed by atoms with Crippen molar-refractivity contribution in [2.24, 2.45) is 0 Å². The van der Waals surface area contributed by atoms with E-state index in [1.54, 1.807) is 12.4 Å². The molecule has 140 valence electrons. The van der Waals surface area contributed by atoms with Crippen LogP contribution in [0.1, 0.15) is 39.8 Å². The minimum Gasteiger partial charge on any atom is -0.348 e. The number of aryl methyl sites for hydroxylation is 1. The summed E-state index contributed by atoms with van der Waals surface area (Å²) in [7, 11) is 0. The molecule has 1 N–H and O–H groups in total. The number of nitriles is 2. The summed E-state index contributed by atoms with van der Waals surface area (Å²) in [5.41, 5.74) is 5.67. The van der Waals surface area contributed by atoms with Crippen LogP contribution in [0.2, 0.25) is 0 Å².